The topological polar surface area (TPSA) is 66.8 Å². The minimum atomic E-state index is -0.897. The Kier molecular flexibility index (Phi) is 4.71. The fourth-order valence-corrected chi connectivity index (χ4v) is 3.46. The number of amides is 2. The van der Waals surface area contributed by atoms with Crippen LogP contribution >= 0.6 is 0 Å². The summed E-state index contributed by atoms with van der Waals surface area (Å²) in [7, 11) is 0. The van der Waals surface area contributed by atoms with E-state index >= 15 is 0 Å². The molecule has 1 aliphatic carbocycles. The zero-order valence-corrected chi connectivity index (χ0v) is 14.1. The first-order chi connectivity index (χ1) is 11.5. The highest BCUT2D eigenvalue weighted by molar-refractivity contribution is 6.05. The number of fused-ring (bicyclic) bond motifs is 1. The normalized spacial score (nSPS) is 24.2. The average Bonchev–Trinajstić information content (AvgIpc) is 2.79. The third kappa shape index (κ3) is 3.22. The first kappa shape index (κ1) is 16.7. The molecule has 1 saturated heterocycles. The first-order valence-corrected chi connectivity index (χ1v) is 8.35. The molecule has 1 aromatic carbocycles. The van der Waals surface area contributed by atoms with Crippen LogP contribution in [0.15, 0.2) is 30.4 Å². The number of aliphatic hydroxyl groups excluding tert-OH is 1. The third-order valence-corrected chi connectivity index (χ3v) is 4.75. The van der Waals surface area contributed by atoms with E-state index in [1.54, 1.807) is 0 Å². The van der Waals surface area contributed by atoms with Crippen molar-refractivity contribution < 1.29 is 19.4 Å². The van der Waals surface area contributed by atoms with Crippen molar-refractivity contribution in [2.45, 2.75) is 32.8 Å². The quantitative estimate of drug-likeness (QED) is 0.663. The van der Waals surface area contributed by atoms with E-state index in [9.17, 15) is 14.7 Å². The van der Waals surface area contributed by atoms with Gasteiger partial charge in [0.25, 0.3) is 0 Å². The molecule has 0 aromatic heterocycles. The summed E-state index contributed by atoms with van der Waals surface area (Å²) >= 11 is 0. The average molecular weight is 329 g/mol. The van der Waals surface area contributed by atoms with E-state index in [0.29, 0.717) is 18.6 Å². The van der Waals surface area contributed by atoms with E-state index in [1.807, 2.05) is 44.2 Å². The third-order valence-electron chi connectivity index (χ3n) is 4.75. The van der Waals surface area contributed by atoms with E-state index in [4.69, 9.17) is 4.74 Å². The maximum Gasteiger partial charge on any atom is 0.233 e. The van der Waals surface area contributed by atoms with Gasteiger partial charge in [0.2, 0.25) is 11.8 Å². The van der Waals surface area contributed by atoms with Crippen molar-refractivity contribution in [3.05, 3.63) is 41.5 Å². The molecule has 0 bridgehead atoms. The van der Waals surface area contributed by atoms with Gasteiger partial charge in [0.1, 0.15) is 18.5 Å². The predicted molar refractivity (Wildman–Crippen MR) is 89.5 cm³/mol. The van der Waals surface area contributed by atoms with Crippen LogP contribution in [0.3, 0.4) is 0 Å². The van der Waals surface area contributed by atoms with Gasteiger partial charge in [-0.2, -0.15) is 0 Å². The summed E-state index contributed by atoms with van der Waals surface area (Å²) in [5.74, 6) is -0.138. The van der Waals surface area contributed by atoms with Gasteiger partial charge in [0.15, 0.2) is 0 Å². The SMILES string of the molecule is Cc1ccc(OCC(O)CN2C(=O)C3CC=CCC3C2=O)c(C)c1. The van der Waals surface area contributed by atoms with E-state index in [2.05, 4.69) is 0 Å². The van der Waals surface area contributed by atoms with Crippen molar-refractivity contribution >= 4 is 11.8 Å². The fraction of sp³-hybridized carbons (Fsp3) is 0.474. The zero-order chi connectivity index (χ0) is 17.3. The van der Waals surface area contributed by atoms with Gasteiger partial charge in [-0.1, -0.05) is 29.8 Å². The van der Waals surface area contributed by atoms with Gasteiger partial charge in [-0.05, 0) is 38.3 Å². The van der Waals surface area contributed by atoms with Gasteiger partial charge in [0, 0.05) is 0 Å². The standard InChI is InChI=1S/C19H23NO4/c1-12-7-8-17(13(2)9-12)24-11-14(21)10-20-18(22)15-5-3-4-6-16(15)19(20)23/h3-4,7-9,14-16,21H,5-6,10-11H2,1-2H3. The van der Waals surface area contributed by atoms with E-state index in [0.717, 1.165) is 11.1 Å². The van der Waals surface area contributed by atoms with Crippen LogP contribution in [0, 0.1) is 25.7 Å². The number of carbonyl (C=O) groups is 2. The van der Waals surface area contributed by atoms with Crippen LogP contribution in [0.2, 0.25) is 0 Å². The molecule has 5 nitrogen and oxygen atoms in total. The molecule has 1 aliphatic heterocycles. The number of hydrogen-bond acceptors (Lipinski definition) is 4. The fourth-order valence-electron chi connectivity index (χ4n) is 3.46. The summed E-state index contributed by atoms with van der Waals surface area (Å²) in [6.45, 7) is 3.99. The van der Waals surface area contributed by atoms with Crippen molar-refractivity contribution in [1.29, 1.82) is 0 Å². The van der Waals surface area contributed by atoms with Gasteiger partial charge >= 0.3 is 0 Å². The van der Waals surface area contributed by atoms with Crippen LogP contribution in [0.25, 0.3) is 0 Å². The Morgan fingerprint density at radius 3 is 2.38 bits per heavy atom. The van der Waals surface area contributed by atoms with Gasteiger partial charge in [-0.25, -0.2) is 0 Å². The summed E-state index contributed by atoms with van der Waals surface area (Å²) in [5.41, 5.74) is 2.14. The van der Waals surface area contributed by atoms with Crippen molar-refractivity contribution in [3.8, 4) is 5.75 Å². The molecule has 0 saturated carbocycles. The molecule has 128 valence electrons. The second-order valence-corrected chi connectivity index (χ2v) is 6.68. The molecule has 3 unspecified atom stereocenters. The highest BCUT2D eigenvalue weighted by Crippen LogP contribution is 2.35. The monoisotopic (exact) mass is 329 g/mol. The number of likely N-dealkylation sites (tertiary alicyclic amines) is 1. The summed E-state index contributed by atoms with van der Waals surface area (Å²) in [6, 6.07) is 5.82. The number of imide groups is 1. The highest BCUT2D eigenvalue weighted by atomic mass is 16.5. The first-order valence-electron chi connectivity index (χ1n) is 8.35. The Balaban J connectivity index is 1.58. The molecule has 5 heteroatoms. The molecule has 2 aliphatic rings. The Morgan fingerprint density at radius 1 is 1.17 bits per heavy atom. The van der Waals surface area contributed by atoms with Crippen molar-refractivity contribution in [2.75, 3.05) is 13.2 Å². The molecular formula is C19H23NO4. The smallest absolute Gasteiger partial charge is 0.233 e. The minimum Gasteiger partial charge on any atom is -0.491 e. The summed E-state index contributed by atoms with van der Waals surface area (Å²) < 4.78 is 5.64. The van der Waals surface area contributed by atoms with E-state index in [1.165, 1.54) is 4.90 Å². The van der Waals surface area contributed by atoms with E-state index in [-0.39, 0.29) is 36.8 Å². The molecule has 3 atom stereocenters. The van der Waals surface area contributed by atoms with Gasteiger partial charge < -0.3 is 9.84 Å². The predicted octanol–water partition coefficient (Wildman–Crippen LogP) is 1.99. The maximum atomic E-state index is 12.4. The summed E-state index contributed by atoms with van der Waals surface area (Å²) in [5, 5.41) is 10.2. The minimum absolute atomic E-state index is 0.00439. The molecule has 1 fully saturated rings. The molecule has 3 rings (SSSR count). The molecule has 1 aromatic rings. The zero-order valence-electron chi connectivity index (χ0n) is 14.1. The number of rotatable bonds is 5. The van der Waals surface area contributed by atoms with Crippen LogP contribution in [-0.4, -0.2) is 41.1 Å². The van der Waals surface area contributed by atoms with Crippen LogP contribution in [-0.2, 0) is 9.59 Å². The Labute approximate surface area is 141 Å². The number of hydrogen-bond donors (Lipinski definition) is 1. The lowest BCUT2D eigenvalue weighted by atomic mass is 9.85. The number of aliphatic hydroxyl groups is 1. The van der Waals surface area contributed by atoms with Gasteiger partial charge in [-0.15, -0.1) is 0 Å². The largest absolute Gasteiger partial charge is 0.491 e. The lowest BCUT2D eigenvalue weighted by Crippen LogP contribution is -2.40. The van der Waals surface area contributed by atoms with Crippen LogP contribution in [0.1, 0.15) is 24.0 Å². The van der Waals surface area contributed by atoms with Gasteiger partial charge in [-0.3, -0.25) is 14.5 Å². The lowest BCUT2D eigenvalue weighted by molar-refractivity contribution is -0.141. The number of β-amino-alcohol motifs (C(OH)–C–C–N with tert-alkyl or cyclic N) is 1. The van der Waals surface area contributed by atoms with Crippen LogP contribution in [0.5, 0.6) is 5.75 Å². The van der Waals surface area contributed by atoms with Crippen LogP contribution < -0.4 is 4.74 Å². The maximum absolute atomic E-state index is 12.4. The molecule has 1 heterocycles. The van der Waals surface area contributed by atoms with Gasteiger partial charge in [0.05, 0.1) is 18.4 Å². The molecular weight excluding hydrogens is 306 g/mol. The summed E-state index contributed by atoms with van der Waals surface area (Å²) in [4.78, 5) is 25.9. The number of nitrogens with zero attached hydrogens (tertiary/aromatic N) is 1. The van der Waals surface area contributed by atoms with Crippen LogP contribution in [0.4, 0.5) is 0 Å². The molecule has 0 radical (unpaired) electrons. The Morgan fingerprint density at radius 2 is 1.79 bits per heavy atom. The number of allylic oxidation sites excluding steroid dienone is 2. The number of carbonyl (C=O) groups excluding carboxylic acids is 2. The van der Waals surface area contributed by atoms with E-state index < -0.39 is 6.10 Å². The molecule has 0 spiro atoms. The molecule has 24 heavy (non-hydrogen) atoms. The van der Waals surface area contributed by atoms with Crippen molar-refractivity contribution in [2.24, 2.45) is 11.8 Å². The number of benzene rings is 1. The molecule has 1 N–H and O–H groups in total. The second-order valence-electron chi connectivity index (χ2n) is 6.68. The Bertz CT molecular complexity index is 656. The van der Waals surface area contributed by atoms with Crippen molar-refractivity contribution in [3.63, 3.8) is 0 Å². The molecule has 2 amide bonds. The number of ether oxygens (including phenoxy) is 1. The lowest BCUT2D eigenvalue weighted by Gasteiger charge is -2.20. The van der Waals surface area contributed by atoms with Crippen molar-refractivity contribution in [1.82, 2.24) is 4.90 Å². The highest BCUT2D eigenvalue weighted by Gasteiger charge is 2.47. The second kappa shape index (κ2) is 6.77. The Hall–Kier alpha value is -2.14. The summed E-state index contributed by atoms with van der Waals surface area (Å²) in [6.07, 6.45) is 4.24. The number of aryl methyl sites for hydroxylation is 2.